The van der Waals surface area contributed by atoms with Gasteiger partial charge in [0.25, 0.3) is 0 Å². The summed E-state index contributed by atoms with van der Waals surface area (Å²) in [7, 11) is 0. The van der Waals surface area contributed by atoms with Crippen LogP contribution >= 0.6 is 11.3 Å². The number of aromatic nitrogens is 1. The largest absolute Gasteiger partial charge is 0.396 e. The first-order valence-electron chi connectivity index (χ1n) is 7.01. The molecule has 1 N–H and O–H groups in total. The van der Waals surface area contributed by atoms with E-state index in [0.717, 1.165) is 12.8 Å². The maximum Gasteiger partial charge on any atom is 0.0943 e. The molecule has 18 heavy (non-hydrogen) atoms. The van der Waals surface area contributed by atoms with Gasteiger partial charge in [0.15, 0.2) is 0 Å². The number of aliphatic hydroxyl groups excluding tert-OH is 1. The Morgan fingerprint density at radius 3 is 3.06 bits per heavy atom. The minimum atomic E-state index is 0.225. The molecule has 3 nitrogen and oxygen atoms in total. The fourth-order valence-corrected chi connectivity index (χ4v) is 3.77. The summed E-state index contributed by atoms with van der Waals surface area (Å²) in [5, 5.41) is 10.2. The van der Waals surface area contributed by atoms with Crippen LogP contribution in [0.4, 0.5) is 0 Å². The zero-order valence-corrected chi connectivity index (χ0v) is 12.2. The summed E-state index contributed by atoms with van der Waals surface area (Å²) in [6, 6.07) is 1.29. The average molecular weight is 268 g/mol. The van der Waals surface area contributed by atoms with Crippen molar-refractivity contribution in [1.82, 2.24) is 9.88 Å². The Kier molecular flexibility index (Phi) is 5.15. The van der Waals surface area contributed by atoms with E-state index in [1.165, 1.54) is 35.7 Å². The summed E-state index contributed by atoms with van der Waals surface area (Å²) in [5.74, 6) is 0. The van der Waals surface area contributed by atoms with Crippen LogP contribution in [0, 0.1) is 0 Å². The second-order valence-electron chi connectivity index (χ2n) is 5.38. The van der Waals surface area contributed by atoms with E-state index in [9.17, 15) is 0 Å². The number of rotatable bonds is 5. The molecule has 1 unspecified atom stereocenters. The third-order valence-corrected chi connectivity index (χ3v) is 4.79. The third-order valence-electron chi connectivity index (χ3n) is 3.71. The van der Waals surface area contributed by atoms with Crippen LogP contribution in [-0.2, 0) is 12.8 Å². The van der Waals surface area contributed by atoms with Gasteiger partial charge in [0, 0.05) is 42.6 Å². The van der Waals surface area contributed by atoms with Gasteiger partial charge in [0.05, 0.1) is 5.01 Å². The Hall–Kier alpha value is -0.450. The van der Waals surface area contributed by atoms with Crippen LogP contribution in [0.1, 0.15) is 43.0 Å². The molecule has 1 saturated heterocycles. The number of piperidine rings is 1. The minimum Gasteiger partial charge on any atom is -0.396 e. The fraction of sp³-hybridized carbons (Fsp3) is 0.786. The first-order chi connectivity index (χ1) is 8.70. The Labute approximate surface area is 114 Å². The topological polar surface area (TPSA) is 36.4 Å². The van der Waals surface area contributed by atoms with E-state index < -0.39 is 0 Å². The van der Waals surface area contributed by atoms with Crippen molar-refractivity contribution >= 4 is 11.3 Å². The van der Waals surface area contributed by atoms with Gasteiger partial charge in [0.2, 0.25) is 0 Å². The molecule has 1 aliphatic rings. The Morgan fingerprint density at radius 1 is 1.50 bits per heavy atom. The molecule has 1 atom stereocenters. The predicted molar refractivity (Wildman–Crippen MR) is 76.1 cm³/mol. The van der Waals surface area contributed by atoms with Crippen LogP contribution in [0.25, 0.3) is 0 Å². The third kappa shape index (κ3) is 3.53. The van der Waals surface area contributed by atoms with Crippen molar-refractivity contribution in [3.05, 3.63) is 16.1 Å². The van der Waals surface area contributed by atoms with Gasteiger partial charge in [-0.3, -0.25) is 4.90 Å². The zero-order valence-electron chi connectivity index (χ0n) is 11.4. The van der Waals surface area contributed by atoms with Crippen molar-refractivity contribution in [2.45, 2.75) is 58.0 Å². The predicted octanol–water partition coefficient (Wildman–Crippen LogP) is 2.48. The molecule has 1 aromatic heterocycles. The van der Waals surface area contributed by atoms with Gasteiger partial charge in [-0.25, -0.2) is 4.98 Å². The molecule has 0 bridgehead atoms. The second kappa shape index (κ2) is 6.64. The molecule has 0 aromatic carbocycles. The van der Waals surface area contributed by atoms with Gasteiger partial charge in [0.1, 0.15) is 0 Å². The van der Waals surface area contributed by atoms with Crippen molar-refractivity contribution in [3.63, 3.8) is 0 Å². The monoisotopic (exact) mass is 268 g/mol. The van der Waals surface area contributed by atoms with Gasteiger partial charge in [-0.05, 0) is 33.2 Å². The molecular weight excluding hydrogens is 244 g/mol. The van der Waals surface area contributed by atoms with Crippen LogP contribution in [0.3, 0.4) is 0 Å². The molecule has 1 aromatic rings. The maximum atomic E-state index is 8.94. The minimum absolute atomic E-state index is 0.225. The highest BCUT2D eigenvalue weighted by atomic mass is 32.1. The first-order valence-corrected chi connectivity index (χ1v) is 7.82. The SMILES string of the molecule is CC(C)N1CCCCC1Cc1ncc(CCO)s1. The number of aliphatic hydroxyl groups is 1. The standard InChI is InChI=1S/C14H24N2OS/c1-11(2)16-7-4-3-5-12(16)9-14-15-10-13(18-14)6-8-17/h10-12,17H,3-9H2,1-2H3. The lowest BCUT2D eigenvalue weighted by atomic mass is 9.98. The molecule has 0 amide bonds. The molecule has 102 valence electrons. The molecule has 0 saturated carbocycles. The summed E-state index contributed by atoms with van der Waals surface area (Å²) in [6.07, 6.45) is 7.74. The summed E-state index contributed by atoms with van der Waals surface area (Å²) in [6.45, 7) is 6.04. The molecule has 1 fully saturated rings. The van der Waals surface area contributed by atoms with Gasteiger partial charge >= 0.3 is 0 Å². The molecule has 2 heterocycles. The Balaban J connectivity index is 1.97. The second-order valence-corrected chi connectivity index (χ2v) is 6.58. The van der Waals surface area contributed by atoms with Crippen molar-refractivity contribution in [1.29, 1.82) is 0 Å². The van der Waals surface area contributed by atoms with Crippen molar-refractivity contribution in [2.75, 3.05) is 13.2 Å². The highest BCUT2D eigenvalue weighted by Gasteiger charge is 2.25. The van der Waals surface area contributed by atoms with Gasteiger partial charge < -0.3 is 5.11 Å². The number of nitrogens with zero attached hydrogens (tertiary/aromatic N) is 2. The zero-order chi connectivity index (χ0) is 13.0. The molecule has 4 heteroatoms. The van der Waals surface area contributed by atoms with E-state index in [4.69, 9.17) is 5.11 Å². The van der Waals surface area contributed by atoms with Crippen LogP contribution in [0.5, 0.6) is 0 Å². The Morgan fingerprint density at radius 2 is 2.33 bits per heavy atom. The van der Waals surface area contributed by atoms with E-state index in [-0.39, 0.29) is 6.61 Å². The van der Waals surface area contributed by atoms with E-state index in [0.29, 0.717) is 12.1 Å². The number of thiazole rings is 1. The highest BCUT2D eigenvalue weighted by molar-refractivity contribution is 7.11. The van der Waals surface area contributed by atoms with Gasteiger partial charge in [-0.15, -0.1) is 11.3 Å². The summed E-state index contributed by atoms with van der Waals surface area (Å²) in [4.78, 5) is 8.33. The quantitative estimate of drug-likeness (QED) is 0.891. The van der Waals surface area contributed by atoms with Crippen LogP contribution in [0.15, 0.2) is 6.20 Å². The van der Waals surface area contributed by atoms with E-state index in [2.05, 4.69) is 23.7 Å². The van der Waals surface area contributed by atoms with Crippen LogP contribution in [-0.4, -0.2) is 40.2 Å². The lowest BCUT2D eigenvalue weighted by molar-refractivity contribution is 0.111. The normalized spacial score (nSPS) is 21.7. The lowest BCUT2D eigenvalue weighted by Gasteiger charge is -2.38. The fourth-order valence-electron chi connectivity index (χ4n) is 2.79. The summed E-state index contributed by atoms with van der Waals surface area (Å²) in [5.41, 5.74) is 0. The molecule has 0 radical (unpaired) electrons. The van der Waals surface area contributed by atoms with Crippen LogP contribution < -0.4 is 0 Å². The molecule has 2 rings (SSSR count). The highest BCUT2D eigenvalue weighted by Crippen LogP contribution is 2.24. The van der Waals surface area contributed by atoms with Crippen molar-refractivity contribution in [3.8, 4) is 0 Å². The van der Waals surface area contributed by atoms with Gasteiger partial charge in [-0.2, -0.15) is 0 Å². The average Bonchev–Trinajstić information content (AvgIpc) is 2.77. The summed E-state index contributed by atoms with van der Waals surface area (Å²) < 4.78 is 0. The van der Waals surface area contributed by atoms with Gasteiger partial charge in [-0.1, -0.05) is 6.42 Å². The molecule has 0 spiro atoms. The van der Waals surface area contributed by atoms with Crippen LogP contribution in [0.2, 0.25) is 0 Å². The first kappa shape index (κ1) is 14.0. The Bertz CT molecular complexity index is 364. The molecular formula is C14H24N2OS. The smallest absolute Gasteiger partial charge is 0.0943 e. The van der Waals surface area contributed by atoms with E-state index >= 15 is 0 Å². The number of hydrogen-bond donors (Lipinski definition) is 1. The van der Waals surface area contributed by atoms with Crippen molar-refractivity contribution in [2.24, 2.45) is 0 Å². The molecule has 1 aliphatic heterocycles. The van der Waals surface area contributed by atoms with E-state index in [1.807, 2.05) is 6.20 Å². The maximum absolute atomic E-state index is 8.94. The number of likely N-dealkylation sites (tertiary alicyclic amines) is 1. The molecule has 0 aliphatic carbocycles. The lowest BCUT2D eigenvalue weighted by Crippen LogP contribution is -2.44. The number of hydrogen-bond acceptors (Lipinski definition) is 4. The van der Waals surface area contributed by atoms with Crippen molar-refractivity contribution < 1.29 is 5.11 Å². The summed E-state index contributed by atoms with van der Waals surface area (Å²) >= 11 is 1.77. The van der Waals surface area contributed by atoms with E-state index in [1.54, 1.807) is 11.3 Å².